The summed E-state index contributed by atoms with van der Waals surface area (Å²) in [6.07, 6.45) is -3.79. The van der Waals surface area contributed by atoms with Crippen LogP contribution >= 0.6 is 0 Å². The summed E-state index contributed by atoms with van der Waals surface area (Å²) in [5.41, 5.74) is 0.846. The first kappa shape index (κ1) is 23.9. The molecule has 1 N–H and O–H groups in total. The van der Waals surface area contributed by atoms with Crippen LogP contribution in [0.3, 0.4) is 0 Å². The van der Waals surface area contributed by atoms with E-state index in [2.05, 4.69) is 14.6 Å². The molecule has 0 atom stereocenters. The summed E-state index contributed by atoms with van der Waals surface area (Å²) >= 11 is 0. The van der Waals surface area contributed by atoms with Crippen molar-refractivity contribution in [2.75, 3.05) is 11.4 Å². The number of aromatic nitrogens is 2. The number of likely N-dealkylation sites (N-methyl/N-ethyl adjacent to an activating group) is 1. The molecule has 1 aliphatic heterocycles. The molecule has 11 heteroatoms. The average Bonchev–Trinajstić information content (AvgIpc) is 3.19. The van der Waals surface area contributed by atoms with Crippen molar-refractivity contribution in [3.05, 3.63) is 82.6 Å². The van der Waals surface area contributed by atoms with Crippen molar-refractivity contribution in [2.24, 2.45) is 0 Å². The Balaban J connectivity index is 1.51. The number of hydrogen-bond acceptors (Lipinski definition) is 6. The van der Waals surface area contributed by atoms with Gasteiger partial charge in [0.15, 0.2) is 11.5 Å². The number of alkyl halides is 2. The number of halogens is 2. The maximum Gasteiger partial charge on any atom is 0.586 e. The molecule has 0 spiro atoms. The summed E-state index contributed by atoms with van der Waals surface area (Å²) in [7, 11) is 0. The van der Waals surface area contributed by atoms with Gasteiger partial charge in [0.05, 0.1) is 16.6 Å². The van der Waals surface area contributed by atoms with Gasteiger partial charge in [0.2, 0.25) is 5.91 Å². The Hall–Kier alpha value is -4.80. The highest BCUT2D eigenvalue weighted by molar-refractivity contribution is 5.96. The molecule has 0 radical (unpaired) electrons. The van der Waals surface area contributed by atoms with Gasteiger partial charge in [-0.2, -0.15) is 5.10 Å². The van der Waals surface area contributed by atoms with Gasteiger partial charge in [-0.05, 0) is 37.3 Å². The number of benzene rings is 3. The van der Waals surface area contributed by atoms with Gasteiger partial charge in [0, 0.05) is 29.2 Å². The smallest absolute Gasteiger partial charge is 0.478 e. The van der Waals surface area contributed by atoms with Gasteiger partial charge in [-0.1, -0.05) is 30.3 Å². The Morgan fingerprint density at radius 3 is 2.35 bits per heavy atom. The number of hydrogen-bond donors (Lipinski definition) is 1. The van der Waals surface area contributed by atoms with Gasteiger partial charge < -0.3 is 19.5 Å². The number of carboxylic acid groups (broad SMARTS) is 1. The first-order valence-corrected chi connectivity index (χ1v) is 11.2. The summed E-state index contributed by atoms with van der Waals surface area (Å²) < 4.78 is 36.7. The van der Waals surface area contributed by atoms with Gasteiger partial charge >= 0.3 is 12.3 Å². The standard InChI is InChI=1S/C26H19F2N3O6/c1-2-30(17-11-12-20-21(13-17)37-26(27,28)36-20)22(32)14-31-24(33)19-6-4-3-5-18(19)23(29-31)15-7-9-16(10-8-15)25(34)35/h3-13H,2,14H2,1H3,(H,34,35). The van der Waals surface area contributed by atoms with Crippen molar-refractivity contribution in [3.8, 4) is 22.8 Å². The molecule has 1 amide bonds. The summed E-state index contributed by atoms with van der Waals surface area (Å²) in [6, 6.07) is 16.8. The van der Waals surface area contributed by atoms with Crippen LogP contribution in [0.25, 0.3) is 22.0 Å². The van der Waals surface area contributed by atoms with Crippen LogP contribution in [0, 0.1) is 0 Å². The summed E-state index contributed by atoms with van der Waals surface area (Å²) in [5.74, 6) is -1.94. The number of anilines is 1. The number of ether oxygens (including phenoxy) is 2. The Labute approximate surface area is 208 Å². The Morgan fingerprint density at radius 2 is 1.68 bits per heavy atom. The number of rotatable bonds is 6. The zero-order valence-corrected chi connectivity index (χ0v) is 19.4. The first-order chi connectivity index (χ1) is 17.7. The van der Waals surface area contributed by atoms with E-state index in [4.69, 9.17) is 0 Å². The van der Waals surface area contributed by atoms with E-state index in [-0.39, 0.29) is 29.3 Å². The molecular formula is C26H19F2N3O6. The predicted molar refractivity (Wildman–Crippen MR) is 129 cm³/mol. The molecule has 3 aromatic carbocycles. The highest BCUT2D eigenvalue weighted by Crippen LogP contribution is 2.42. The Kier molecular flexibility index (Phi) is 5.82. The lowest BCUT2D eigenvalue weighted by Crippen LogP contribution is -2.37. The van der Waals surface area contributed by atoms with Crippen LogP contribution in [-0.4, -0.2) is 39.6 Å². The molecule has 188 valence electrons. The monoisotopic (exact) mass is 507 g/mol. The third-order valence-electron chi connectivity index (χ3n) is 5.87. The second-order valence-electron chi connectivity index (χ2n) is 8.18. The highest BCUT2D eigenvalue weighted by atomic mass is 19.3. The zero-order valence-electron chi connectivity index (χ0n) is 19.4. The van der Waals surface area contributed by atoms with Crippen LogP contribution in [0.1, 0.15) is 17.3 Å². The topological polar surface area (TPSA) is 111 Å². The Bertz CT molecular complexity index is 1600. The summed E-state index contributed by atoms with van der Waals surface area (Å²) in [5, 5.41) is 14.5. The number of carbonyl (C=O) groups excluding carboxylic acids is 1. The lowest BCUT2D eigenvalue weighted by Gasteiger charge is -2.22. The molecule has 0 bridgehead atoms. The molecule has 37 heavy (non-hydrogen) atoms. The molecule has 0 saturated heterocycles. The molecule has 4 aromatic rings. The second-order valence-corrected chi connectivity index (χ2v) is 8.18. The van der Waals surface area contributed by atoms with Crippen LogP contribution in [0.2, 0.25) is 0 Å². The quantitative estimate of drug-likeness (QED) is 0.418. The molecule has 1 aromatic heterocycles. The predicted octanol–water partition coefficient (Wildman–Crippen LogP) is 4.14. The van der Waals surface area contributed by atoms with Crippen molar-refractivity contribution in [3.63, 3.8) is 0 Å². The molecular weight excluding hydrogens is 488 g/mol. The average molecular weight is 507 g/mol. The van der Waals surface area contributed by atoms with E-state index in [0.29, 0.717) is 22.0 Å². The maximum atomic E-state index is 13.4. The number of carboxylic acids is 1. The van der Waals surface area contributed by atoms with Gasteiger partial charge in [0.1, 0.15) is 6.54 Å². The molecule has 0 aliphatic carbocycles. The van der Waals surface area contributed by atoms with Gasteiger partial charge in [-0.25, -0.2) is 9.48 Å². The fourth-order valence-corrected chi connectivity index (χ4v) is 4.15. The van der Waals surface area contributed by atoms with Crippen molar-refractivity contribution in [1.82, 2.24) is 9.78 Å². The van der Waals surface area contributed by atoms with Crippen LogP contribution in [-0.2, 0) is 11.3 Å². The second kappa shape index (κ2) is 9.01. The third kappa shape index (κ3) is 4.46. The highest BCUT2D eigenvalue weighted by Gasteiger charge is 2.43. The van der Waals surface area contributed by atoms with E-state index < -0.39 is 30.3 Å². The fourth-order valence-electron chi connectivity index (χ4n) is 4.15. The van der Waals surface area contributed by atoms with E-state index in [9.17, 15) is 28.3 Å². The number of carbonyl (C=O) groups is 2. The minimum absolute atomic E-state index is 0.0941. The normalized spacial score (nSPS) is 13.5. The van der Waals surface area contributed by atoms with Gasteiger partial charge in [-0.15, -0.1) is 8.78 Å². The van der Waals surface area contributed by atoms with E-state index >= 15 is 0 Å². The van der Waals surface area contributed by atoms with Crippen molar-refractivity contribution in [1.29, 1.82) is 0 Å². The zero-order chi connectivity index (χ0) is 26.3. The van der Waals surface area contributed by atoms with Crippen molar-refractivity contribution >= 4 is 28.3 Å². The number of aromatic carboxylic acids is 1. The van der Waals surface area contributed by atoms with Crippen molar-refractivity contribution in [2.45, 2.75) is 19.8 Å². The van der Waals surface area contributed by atoms with Gasteiger partial charge in [0.25, 0.3) is 5.56 Å². The minimum atomic E-state index is -3.79. The van der Waals surface area contributed by atoms with Gasteiger partial charge in [-0.3, -0.25) is 9.59 Å². The van der Waals surface area contributed by atoms with Crippen molar-refractivity contribution < 1.29 is 33.0 Å². The lowest BCUT2D eigenvalue weighted by molar-refractivity contribution is -0.286. The van der Waals surface area contributed by atoms with E-state index in [0.717, 1.165) is 4.68 Å². The van der Waals surface area contributed by atoms with E-state index in [1.54, 1.807) is 43.3 Å². The third-order valence-corrected chi connectivity index (χ3v) is 5.87. The van der Waals surface area contributed by atoms with Crippen LogP contribution < -0.4 is 19.9 Å². The number of fused-ring (bicyclic) bond motifs is 2. The largest absolute Gasteiger partial charge is 0.586 e. The molecule has 1 aliphatic rings. The maximum absolute atomic E-state index is 13.4. The van der Waals surface area contributed by atoms with E-state index in [1.807, 2.05) is 0 Å². The Morgan fingerprint density at radius 1 is 1.00 bits per heavy atom. The first-order valence-electron chi connectivity index (χ1n) is 11.2. The molecule has 0 fully saturated rings. The fraction of sp³-hybridized carbons (Fsp3) is 0.154. The van der Waals surface area contributed by atoms with E-state index in [1.165, 1.54) is 35.2 Å². The van der Waals surface area contributed by atoms with Crippen LogP contribution in [0.4, 0.5) is 14.5 Å². The molecule has 2 heterocycles. The molecule has 0 saturated carbocycles. The minimum Gasteiger partial charge on any atom is -0.478 e. The molecule has 0 unspecified atom stereocenters. The summed E-state index contributed by atoms with van der Waals surface area (Å²) in [4.78, 5) is 39.0. The van der Waals surface area contributed by atoms with Crippen LogP contribution in [0.15, 0.2) is 71.5 Å². The number of amides is 1. The SMILES string of the molecule is CCN(C(=O)Cn1nc(-c2ccc(C(=O)O)cc2)c2ccccc2c1=O)c1ccc2c(c1)OC(F)(F)O2. The summed E-state index contributed by atoms with van der Waals surface area (Å²) in [6.45, 7) is 1.45. The van der Waals surface area contributed by atoms with Crippen LogP contribution in [0.5, 0.6) is 11.5 Å². The molecule has 5 rings (SSSR count). The lowest BCUT2D eigenvalue weighted by atomic mass is 10.0. The molecule has 9 nitrogen and oxygen atoms in total. The number of nitrogens with zero attached hydrogens (tertiary/aromatic N) is 3.